The Bertz CT molecular complexity index is 2440. The van der Waals surface area contributed by atoms with E-state index in [1.165, 1.54) is 33.4 Å². The van der Waals surface area contributed by atoms with Crippen molar-refractivity contribution in [1.82, 2.24) is 0 Å². The lowest BCUT2D eigenvalue weighted by molar-refractivity contribution is 0.660. The van der Waals surface area contributed by atoms with Crippen molar-refractivity contribution in [2.45, 2.75) is 19.3 Å². The normalized spacial score (nSPS) is 13.1. The van der Waals surface area contributed by atoms with Crippen LogP contribution in [0.15, 0.2) is 167 Å². The second-order valence-electron chi connectivity index (χ2n) is 13.1. The molecule has 0 aliphatic heterocycles. The van der Waals surface area contributed by atoms with Crippen LogP contribution in [-0.4, -0.2) is 0 Å². The molecule has 230 valence electrons. The highest BCUT2D eigenvalue weighted by atomic mass is 79.9. The topological polar surface area (TPSA) is 16.4 Å². The van der Waals surface area contributed by atoms with E-state index in [0.717, 1.165) is 54.6 Å². The summed E-state index contributed by atoms with van der Waals surface area (Å²) in [6, 6.07) is 56.6. The van der Waals surface area contributed by atoms with E-state index in [4.69, 9.17) is 4.42 Å². The van der Waals surface area contributed by atoms with Gasteiger partial charge in [-0.2, -0.15) is 0 Å². The molecular formula is C45H32BrNO. The van der Waals surface area contributed by atoms with Crippen molar-refractivity contribution in [2.24, 2.45) is 0 Å². The lowest BCUT2D eigenvalue weighted by Crippen LogP contribution is -2.21. The first-order chi connectivity index (χ1) is 23.5. The second-order valence-corrected chi connectivity index (χ2v) is 14.0. The molecule has 1 aliphatic rings. The third kappa shape index (κ3) is 4.61. The maximum atomic E-state index is 6.47. The van der Waals surface area contributed by atoms with Gasteiger partial charge >= 0.3 is 0 Å². The van der Waals surface area contributed by atoms with Crippen molar-refractivity contribution in [2.75, 3.05) is 4.90 Å². The van der Waals surface area contributed by atoms with Gasteiger partial charge in [0, 0.05) is 38.1 Å². The fourth-order valence-electron chi connectivity index (χ4n) is 7.65. The van der Waals surface area contributed by atoms with E-state index in [9.17, 15) is 0 Å². The number of furan rings is 1. The predicted octanol–water partition coefficient (Wildman–Crippen LogP) is 13.5. The van der Waals surface area contributed by atoms with Crippen LogP contribution in [0, 0.1) is 0 Å². The molecule has 48 heavy (non-hydrogen) atoms. The number of para-hydroxylation sites is 1. The first kappa shape index (κ1) is 28.8. The average Bonchev–Trinajstić information content (AvgIpc) is 3.60. The lowest BCUT2D eigenvalue weighted by atomic mass is 9.81. The molecular weight excluding hydrogens is 650 g/mol. The van der Waals surface area contributed by atoms with Gasteiger partial charge in [-0.15, -0.1) is 0 Å². The molecule has 0 amide bonds. The molecule has 0 fully saturated rings. The summed E-state index contributed by atoms with van der Waals surface area (Å²) in [4.78, 5) is 2.43. The minimum absolute atomic E-state index is 0.219. The second kappa shape index (κ2) is 11.1. The van der Waals surface area contributed by atoms with Crippen LogP contribution in [0.5, 0.6) is 0 Å². The van der Waals surface area contributed by atoms with Gasteiger partial charge in [0.2, 0.25) is 0 Å². The van der Waals surface area contributed by atoms with Crippen LogP contribution in [0.4, 0.5) is 17.1 Å². The summed E-state index contributed by atoms with van der Waals surface area (Å²) < 4.78 is 7.52. The summed E-state index contributed by atoms with van der Waals surface area (Å²) in [7, 11) is 0. The standard InChI is InChI=1S/C45H32BrNO/c1-45(2)40-19-11-9-17-36(40)39-26-33(46)27-41(44(39)45)47(34-21-22-38-37-18-10-12-20-42(37)48-43(38)28-34)35-24-31(29-13-5-3-6-14-29)23-32(25-35)30-15-7-4-8-16-30/h3-28H,1-2H3. The molecule has 0 saturated carbocycles. The van der Waals surface area contributed by atoms with Crippen LogP contribution in [0.25, 0.3) is 55.3 Å². The molecule has 0 unspecified atom stereocenters. The largest absolute Gasteiger partial charge is 0.456 e. The Morgan fingerprint density at radius 2 is 1.12 bits per heavy atom. The number of halogens is 1. The highest BCUT2D eigenvalue weighted by Crippen LogP contribution is 2.55. The maximum Gasteiger partial charge on any atom is 0.137 e. The van der Waals surface area contributed by atoms with E-state index < -0.39 is 0 Å². The van der Waals surface area contributed by atoms with Gasteiger partial charge in [0.1, 0.15) is 11.2 Å². The minimum atomic E-state index is -0.219. The van der Waals surface area contributed by atoms with Crippen LogP contribution in [0.2, 0.25) is 0 Å². The maximum absolute atomic E-state index is 6.47. The fraction of sp³-hybridized carbons (Fsp3) is 0.0667. The molecule has 9 rings (SSSR count). The molecule has 0 bridgehead atoms. The molecule has 1 aliphatic carbocycles. The third-order valence-corrected chi connectivity index (χ3v) is 10.3. The zero-order chi connectivity index (χ0) is 32.4. The number of fused-ring (bicyclic) bond motifs is 6. The molecule has 7 aromatic carbocycles. The van der Waals surface area contributed by atoms with Crippen LogP contribution in [0.1, 0.15) is 25.0 Å². The summed E-state index contributed by atoms with van der Waals surface area (Å²) in [5.74, 6) is 0. The van der Waals surface area contributed by atoms with Gasteiger partial charge in [-0.25, -0.2) is 0 Å². The fourth-order valence-corrected chi connectivity index (χ4v) is 8.10. The Morgan fingerprint density at radius 3 is 1.85 bits per heavy atom. The van der Waals surface area contributed by atoms with Crippen molar-refractivity contribution < 1.29 is 4.42 Å². The van der Waals surface area contributed by atoms with E-state index in [1.54, 1.807) is 0 Å². The number of hydrogen-bond acceptors (Lipinski definition) is 2. The van der Waals surface area contributed by atoms with Crippen molar-refractivity contribution in [3.8, 4) is 33.4 Å². The van der Waals surface area contributed by atoms with Crippen LogP contribution >= 0.6 is 15.9 Å². The van der Waals surface area contributed by atoms with Crippen LogP contribution in [-0.2, 0) is 5.41 Å². The van der Waals surface area contributed by atoms with Gasteiger partial charge in [0.05, 0.1) is 5.69 Å². The molecule has 3 heteroatoms. The molecule has 2 nitrogen and oxygen atoms in total. The summed E-state index contributed by atoms with van der Waals surface area (Å²) in [5.41, 5.74) is 14.7. The molecule has 8 aromatic rings. The van der Waals surface area contributed by atoms with Crippen molar-refractivity contribution in [3.63, 3.8) is 0 Å². The Kier molecular flexibility index (Phi) is 6.67. The van der Waals surface area contributed by atoms with Crippen LogP contribution < -0.4 is 4.90 Å². The number of hydrogen-bond donors (Lipinski definition) is 0. The minimum Gasteiger partial charge on any atom is -0.456 e. The number of anilines is 3. The third-order valence-electron chi connectivity index (χ3n) is 9.85. The zero-order valence-corrected chi connectivity index (χ0v) is 28.3. The smallest absolute Gasteiger partial charge is 0.137 e. The predicted molar refractivity (Wildman–Crippen MR) is 205 cm³/mol. The first-order valence-electron chi connectivity index (χ1n) is 16.4. The van der Waals surface area contributed by atoms with Gasteiger partial charge < -0.3 is 9.32 Å². The molecule has 0 saturated heterocycles. The molecule has 0 radical (unpaired) electrons. The SMILES string of the molecule is CC1(C)c2ccccc2-c2cc(Br)cc(N(c3cc(-c4ccccc4)cc(-c4ccccc4)c3)c3ccc4c(c3)oc3ccccc34)c21. The summed E-state index contributed by atoms with van der Waals surface area (Å²) >= 11 is 3.94. The van der Waals surface area contributed by atoms with E-state index in [1.807, 2.05) is 12.1 Å². The highest BCUT2D eigenvalue weighted by molar-refractivity contribution is 9.10. The Morgan fingerprint density at radius 1 is 0.500 bits per heavy atom. The van der Waals surface area contributed by atoms with Gasteiger partial charge in [0.15, 0.2) is 0 Å². The Hall–Kier alpha value is -5.38. The van der Waals surface area contributed by atoms with Gasteiger partial charge in [0.25, 0.3) is 0 Å². The average molecular weight is 683 g/mol. The molecule has 1 aromatic heterocycles. The van der Waals surface area contributed by atoms with Gasteiger partial charge in [-0.05, 0) is 93.0 Å². The Labute approximate surface area is 289 Å². The number of benzene rings is 7. The molecule has 0 atom stereocenters. The van der Waals surface area contributed by atoms with E-state index in [-0.39, 0.29) is 5.41 Å². The summed E-state index contributed by atoms with van der Waals surface area (Å²) in [5, 5.41) is 2.24. The monoisotopic (exact) mass is 681 g/mol. The van der Waals surface area contributed by atoms with Crippen LogP contribution in [0.3, 0.4) is 0 Å². The Balaban J connectivity index is 1.36. The zero-order valence-electron chi connectivity index (χ0n) is 26.7. The van der Waals surface area contributed by atoms with Crippen molar-refractivity contribution in [3.05, 3.63) is 173 Å². The van der Waals surface area contributed by atoms with Gasteiger partial charge in [-0.1, -0.05) is 133 Å². The molecule has 1 heterocycles. The van der Waals surface area contributed by atoms with E-state index >= 15 is 0 Å². The molecule has 0 spiro atoms. The van der Waals surface area contributed by atoms with Gasteiger partial charge in [-0.3, -0.25) is 0 Å². The van der Waals surface area contributed by atoms with E-state index in [0.29, 0.717) is 0 Å². The first-order valence-corrected chi connectivity index (χ1v) is 17.2. The number of rotatable bonds is 5. The molecule has 0 N–H and O–H groups in total. The van der Waals surface area contributed by atoms with E-state index in [2.05, 4.69) is 180 Å². The lowest BCUT2D eigenvalue weighted by Gasteiger charge is -2.33. The van der Waals surface area contributed by atoms with Crippen molar-refractivity contribution >= 4 is 54.9 Å². The highest BCUT2D eigenvalue weighted by Gasteiger charge is 2.39. The summed E-state index contributed by atoms with van der Waals surface area (Å²) in [6.07, 6.45) is 0. The summed E-state index contributed by atoms with van der Waals surface area (Å²) in [6.45, 7) is 4.71. The van der Waals surface area contributed by atoms with Crippen molar-refractivity contribution in [1.29, 1.82) is 0 Å². The quantitative estimate of drug-likeness (QED) is 0.180. The number of nitrogens with zero attached hydrogens (tertiary/aromatic N) is 1.